The summed E-state index contributed by atoms with van der Waals surface area (Å²) >= 11 is 0. The van der Waals surface area contributed by atoms with Crippen molar-refractivity contribution in [1.82, 2.24) is 4.90 Å². The first-order chi connectivity index (χ1) is 11.3. The molecule has 1 aromatic carbocycles. The first-order valence-electron chi connectivity index (χ1n) is 8.03. The van der Waals surface area contributed by atoms with Crippen LogP contribution in [-0.2, 0) is 15.8 Å². The Morgan fingerprint density at radius 2 is 1.92 bits per heavy atom. The van der Waals surface area contributed by atoms with Crippen LogP contribution in [0.5, 0.6) is 0 Å². The predicted octanol–water partition coefficient (Wildman–Crippen LogP) is 2.53. The monoisotopic (exact) mass is 340 g/mol. The van der Waals surface area contributed by atoms with Crippen molar-refractivity contribution in [2.75, 3.05) is 13.1 Å². The van der Waals surface area contributed by atoms with Gasteiger partial charge in [0.25, 0.3) is 0 Å². The van der Waals surface area contributed by atoms with E-state index in [-0.39, 0.29) is 23.9 Å². The summed E-state index contributed by atoms with van der Waals surface area (Å²) in [6, 6.07) is 5.42. The average Bonchev–Trinajstić information content (AvgIpc) is 3.34. The fourth-order valence-corrected chi connectivity index (χ4v) is 3.53. The number of benzene rings is 1. The van der Waals surface area contributed by atoms with Crippen molar-refractivity contribution in [2.45, 2.75) is 31.4 Å². The zero-order valence-corrected chi connectivity index (χ0v) is 13.1. The van der Waals surface area contributed by atoms with Crippen molar-refractivity contribution >= 4 is 11.8 Å². The summed E-state index contributed by atoms with van der Waals surface area (Å²) in [7, 11) is 0. The number of piperidine rings is 1. The van der Waals surface area contributed by atoms with Crippen LogP contribution in [0.3, 0.4) is 0 Å². The highest BCUT2D eigenvalue weighted by Gasteiger charge is 2.49. The molecule has 3 rings (SSSR count). The second kappa shape index (κ2) is 6.11. The van der Waals surface area contributed by atoms with Crippen molar-refractivity contribution in [3.05, 3.63) is 35.4 Å². The standard InChI is InChI=1S/C17H19F3N2O2/c18-17(19,20)14-6-2-1-5-11(14)12-8-13(12)16(24)22-7-3-4-10(9-22)15(21)23/h1-2,5-6,10,12-13H,3-4,7-9H2,(H2,21,23). The van der Waals surface area contributed by atoms with E-state index in [9.17, 15) is 22.8 Å². The molecule has 24 heavy (non-hydrogen) atoms. The third-order valence-electron chi connectivity index (χ3n) is 4.91. The molecule has 1 heterocycles. The fourth-order valence-electron chi connectivity index (χ4n) is 3.53. The maximum absolute atomic E-state index is 13.1. The van der Waals surface area contributed by atoms with Gasteiger partial charge < -0.3 is 10.6 Å². The average molecular weight is 340 g/mol. The number of hydrogen-bond acceptors (Lipinski definition) is 2. The lowest BCUT2D eigenvalue weighted by Crippen LogP contribution is -2.44. The highest BCUT2D eigenvalue weighted by Crippen LogP contribution is 2.51. The van der Waals surface area contributed by atoms with Crippen LogP contribution in [0.4, 0.5) is 13.2 Å². The number of carbonyl (C=O) groups excluding carboxylic acids is 2. The number of carbonyl (C=O) groups is 2. The molecule has 130 valence electrons. The summed E-state index contributed by atoms with van der Waals surface area (Å²) in [5.41, 5.74) is 4.82. The molecule has 2 fully saturated rings. The quantitative estimate of drug-likeness (QED) is 0.919. The summed E-state index contributed by atoms with van der Waals surface area (Å²) in [5.74, 6) is -1.78. The molecule has 3 unspecified atom stereocenters. The number of halogens is 3. The van der Waals surface area contributed by atoms with Gasteiger partial charge in [0.05, 0.1) is 11.5 Å². The van der Waals surface area contributed by atoms with Gasteiger partial charge in [-0.15, -0.1) is 0 Å². The first kappa shape index (κ1) is 16.8. The van der Waals surface area contributed by atoms with Crippen LogP contribution in [0.2, 0.25) is 0 Å². The van der Waals surface area contributed by atoms with E-state index in [0.29, 0.717) is 25.8 Å². The number of nitrogens with two attached hydrogens (primary N) is 1. The maximum Gasteiger partial charge on any atom is 0.416 e. The van der Waals surface area contributed by atoms with Crippen LogP contribution in [0.15, 0.2) is 24.3 Å². The number of hydrogen-bond donors (Lipinski definition) is 1. The Morgan fingerprint density at radius 1 is 1.21 bits per heavy atom. The van der Waals surface area contributed by atoms with Gasteiger partial charge in [0.2, 0.25) is 11.8 Å². The molecule has 1 saturated carbocycles. The van der Waals surface area contributed by atoms with Gasteiger partial charge in [0.15, 0.2) is 0 Å². The highest BCUT2D eigenvalue weighted by atomic mass is 19.4. The normalized spacial score (nSPS) is 27.0. The number of rotatable bonds is 3. The second-order valence-electron chi connectivity index (χ2n) is 6.56. The van der Waals surface area contributed by atoms with Gasteiger partial charge in [0, 0.05) is 19.0 Å². The van der Waals surface area contributed by atoms with Crippen molar-refractivity contribution in [3.63, 3.8) is 0 Å². The molecule has 1 aromatic rings. The summed E-state index contributed by atoms with van der Waals surface area (Å²) in [6.07, 6.45) is -2.65. The molecule has 2 aliphatic rings. The first-order valence-corrected chi connectivity index (χ1v) is 8.03. The number of alkyl halides is 3. The van der Waals surface area contributed by atoms with Crippen LogP contribution >= 0.6 is 0 Å². The van der Waals surface area contributed by atoms with Crippen molar-refractivity contribution < 1.29 is 22.8 Å². The Hall–Kier alpha value is -2.05. The van der Waals surface area contributed by atoms with E-state index in [1.165, 1.54) is 12.1 Å². The van der Waals surface area contributed by atoms with E-state index in [1.807, 2.05) is 0 Å². The second-order valence-corrected chi connectivity index (χ2v) is 6.56. The Balaban J connectivity index is 1.72. The summed E-state index contributed by atoms with van der Waals surface area (Å²) in [6.45, 7) is 0.811. The van der Waals surface area contributed by atoms with Crippen LogP contribution in [-0.4, -0.2) is 29.8 Å². The number of nitrogens with zero attached hydrogens (tertiary/aromatic N) is 1. The van der Waals surface area contributed by atoms with Crippen molar-refractivity contribution in [2.24, 2.45) is 17.6 Å². The van der Waals surface area contributed by atoms with Gasteiger partial charge in [-0.1, -0.05) is 18.2 Å². The third-order valence-corrected chi connectivity index (χ3v) is 4.91. The van der Waals surface area contributed by atoms with Gasteiger partial charge in [0.1, 0.15) is 0 Å². The summed E-state index contributed by atoms with van der Waals surface area (Å²) in [4.78, 5) is 25.5. The zero-order chi connectivity index (χ0) is 17.5. The highest BCUT2D eigenvalue weighted by molar-refractivity contribution is 5.84. The summed E-state index contributed by atoms with van der Waals surface area (Å²) in [5, 5.41) is 0. The Kier molecular flexibility index (Phi) is 4.27. The minimum absolute atomic E-state index is 0.164. The van der Waals surface area contributed by atoms with Crippen molar-refractivity contribution in [3.8, 4) is 0 Å². The van der Waals surface area contributed by atoms with Crippen LogP contribution < -0.4 is 5.73 Å². The van der Waals surface area contributed by atoms with E-state index < -0.39 is 29.5 Å². The molecule has 1 saturated heterocycles. The van der Waals surface area contributed by atoms with Gasteiger partial charge in [-0.2, -0.15) is 13.2 Å². The number of primary amides is 1. The summed E-state index contributed by atoms with van der Waals surface area (Å²) < 4.78 is 39.3. The topological polar surface area (TPSA) is 63.4 Å². The van der Waals surface area contributed by atoms with Gasteiger partial charge >= 0.3 is 6.18 Å². The van der Waals surface area contributed by atoms with Crippen LogP contribution in [0.1, 0.15) is 36.3 Å². The molecular formula is C17H19F3N2O2. The van der Waals surface area contributed by atoms with Gasteiger partial charge in [-0.3, -0.25) is 9.59 Å². The largest absolute Gasteiger partial charge is 0.416 e. The molecule has 2 N–H and O–H groups in total. The molecular weight excluding hydrogens is 321 g/mol. The minimum Gasteiger partial charge on any atom is -0.369 e. The number of amides is 2. The lowest BCUT2D eigenvalue weighted by Gasteiger charge is -2.31. The molecule has 1 aliphatic carbocycles. The molecule has 0 spiro atoms. The molecule has 4 nitrogen and oxygen atoms in total. The smallest absolute Gasteiger partial charge is 0.369 e. The minimum atomic E-state index is -4.42. The SMILES string of the molecule is NC(=O)C1CCCN(C(=O)C2CC2c2ccccc2C(F)(F)F)C1. The van der Waals surface area contributed by atoms with E-state index >= 15 is 0 Å². The van der Waals surface area contributed by atoms with Gasteiger partial charge in [-0.25, -0.2) is 0 Å². The lowest BCUT2D eigenvalue weighted by molar-refractivity contribution is -0.139. The molecule has 1 aliphatic heterocycles. The third kappa shape index (κ3) is 3.25. The zero-order valence-electron chi connectivity index (χ0n) is 13.1. The Morgan fingerprint density at radius 3 is 2.58 bits per heavy atom. The maximum atomic E-state index is 13.1. The fraction of sp³-hybridized carbons (Fsp3) is 0.529. The predicted molar refractivity (Wildman–Crippen MR) is 80.8 cm³/mol. The van der Waals surface area contributed by atoms with E-state index in [0.717, 1.165) is 6.07 Å². The molecule has 0 radical (unpaired) electrons. The van der Waals surface area contributed by atoms with Gasteiger partial charge in [-0.05, 0) is 36.8 Å². The Bertz CT molecular complexity index is 659. The van der Waals surface area contributed by atoms with E-state index in [1.54, 1.807) is 11.0 Å². The molecule has 0 aromatic heterocycles. The molecule has 3 atom stereocenters. The van der Waals surface area contributed by atoms with Crippen LogP contribution in [0, 0.1) is 11.8 Å². The van der Waals surface area contributed by atoms with Crippen molar-refractivity contribution in [1.29, 1.82) is 0 Å². The lowest BCUT2D eigenvalue weighted by atomic mass is 9.96. The molecule has 0 bridgehead atoms. The van der Waals surface area contributed by atoms with E-state index in [2.05, 4.69) is 0 Å². The Labute approximate surface area is 137 Å². The molecule has 2 amide bonds. The van der Waals surface area contributed by atoms with E-state index in [4.69, 9.17) is 5.73 Å². The number of likely N-dealkylation sites (tertiary alicyclic amines) is 1. The van der Waals surface area contributed by atoms with Crippen LogP contribution in [0.25, 0.3) is 0 Å². The molecule has 7 heteroatoms.